The lowest BCUT2D eigenvalue weighted by atomic mass is 10.0. The van der Waals surface area contributed by atoms with Crippen molar-refractivity contribution in [1.29, 1.82) is 0 Å². The van der Waals surface area contributed by atoms with Crippen LogP contribution < -0.4 is 29.1 Å². The number of para-hydroxylation sites is 1. The first kappa shape index (κ1) is 30.2. The van der Waals surface area contributed by atoms with Gasteiger partial charge in [-0.15, -0.1) is 0 Å². The zero-order chi connectivity index (χ0) is 31.2. The van der Waals surface area contributed by atoms with E-state index in [0.29, 0.717) is 45.3 Å². The van der Waals surface area contributed by atoms with Crippen molar-refractivity contribution < 1.29 is 33.3 Å². The Balaban J connectivity index is 1.42. The smallest absolute Gasteiger partial charge is 0.343 e. The molecule has 0 aliphatic heterocycles. The van der Waals surface area contributed by atoms with Gasteiger partial charge in [0.25, 0.3) is 5.91 Å². The number of esters is 1. The van der Waals surface area contributed by atoms with Crippen LogP contribution in [0, 0.1) is 0 Å². The monoisotopic (exact) mass is 657 g/mol. The first-order valence-electron chi connectivity index (χ1n) is 13.3. The highest BCUT2D eigenvalue weighted by molar-refractivity contribution is 9.10. The molecule has 44 heavy (non-hydrogen) atoms. The maximum absolute atomic E-state index is 13.5. The summed E-state index contributed by atoms with van der Waals surface area (Å²) in [6, 6.07) is 23.0. The van der Waals surface area contributed by atoms with Gasteiger partial charge in [-0.1, -0.05) is 58.4 Å². The third-order valence-electron chi connectivity index (χ3n) is 6.77. The molecule has 0 atom stereocenters. The number of ether oxygens (including phenoxy) is 5. The molecule has 2 N–H and O–H groups in total. The van der Waals surface area contributed by atoms with Gasteiger partial charge in [-0.3, -0.25) is 4.79 Å². The lowest BCUT2D eigenvalue weighted by molar-refractivity contribution is 0.0733. The number of carbonyl (C=O) groups excluding carboxylic acids is 2. The third-order valence-corrected chi connectivity index (χ3v) is 7.43. The first-order chi connectivity index (χ1) is 21.4. The number of halogens is 1. The molecule has 5 aromatic rings. The number of rotatable bonds is 10. The van der Waals surface area contributed by atoms with Crippen molar-refractivity contribution in [1.82, 2.24) is 10.4 Å². The Labute approximate surface area is 261 Å². The average Bonchev–Trinajstić information content (AvgIpc) is 3.47. The summed E-state index contributed by atoms with van der Waals surface area (Å²) < 4.78 is 28.0. The minimum Gasteiger partial charge on any atom is -0.495 e. The molecule has 0 unspecified atom stereocenters. The number of hydrazone groups is 1. The number of hydrogen-bond acceptors (Lipinski definition) is 8. The SMILES string of the molecule is COc1cc(C(=O)Oc2ccccc2C=NNC(=O)c2[nH]c3c(OC)ccc(Br)c3c2-c2ccccc2)cc(OC)c1OC. The van der Waals surface area contributed by atoms with E-state index in [9.17, 15) is 9.59 Å². The number of aromatic amines is 1. The van der Waals surface area contributed by atoms with Crippen molar-refractivity contribution in [3.05, 3.63) is 100 Å². The van der Waals surface area contributed by atoms with Gasteiger partial charge in [-0.05, 0) is 42.0 Å². The van der Waals surface area contributed by atoms with Crippen molar-refractivity contribution in [3.63, 3.8) is 0 Å². The van der Waals surface area contributed by atoms with E-state index >= 15 is 0 Å². The Morgan fingerprint density at radius 1 is 0.795 bits per heavy atom. The summed E-state index contributed by atoms with van der Waals surface area (Å²) in [5, 5.41) is 4.97. The Hall–Kier alpha value is -5.29. The molecular weight excluding hydrogens is 630 g/mol. The zero-order valence-corrected chi connectivity index (χ0v) is 25.9. The summed E-state index contributed by atoms with van der Waals surface area (Å²) in [7, 11) is 5.96. The van der Waals surface area contributed by atoms with Gasteiger partial charge in [0.2, 0.25) is 5.75 Å². The highest BCUT2D eigenvalue weighted by Crippen LogP contribution is 2.41. The summed E-state index contributed by atoms with van der Waals surface area (Å²) in [5.41, 5.74) is 5.73. The van der Waals surface area contributed by atoms with Crippen molar-refractivity contribution >= 4 is 44.9 Å². The van der Waals surface area contributed by atoms with Crippen LogP contribution in [-0.2, 0) is 0 Å². The topological polar surface area (TPSA) is 120 Å². The maximum atomic E-state index is 13.5. The molecule has 11 heteroatoms. The van der Waals surface area contributed by atoms with Gasteiger partial charge in [0.05, 0.1) is 45.7 Å². The highest BCUT2D eigenvalue weighted by Gasteiger charge is 2.23. The standard InChI is InChI=1S/C33H28BrN3O7/c1-40-24-15-14-22(34)28-27(19-10-6-5-7-11-19)30(36-29(24)28)32(38)37-35-18-20-12-8-9-13-23(20)44-33(39)21-16-25(41-2)31(43-4)26(17-21)42-3/h5-18,36H,1-4H3,(H,37,38). The molecule has 0 saturated carbocycles. The van der Waals surface area contributed by atoms with Crippen LogP contribution in [0.2, 0.25) is 0 Å². The summed E-state index contributed by atoms with van der Waals surface area (Å²) in [4.78, 5) is 29.8. The fourth-order valence-electron chi connectivity index (χ4n) is 4.73. The number of benzene rings is 4. The fourth-order valence-corrected chi connectivity index (χ4v) is 5.26. The van der Waals surface area contributed by atoms with E-state index in [1.54, 1.807) is 31.4 Å². The Morgan fingerprint density at radius 2 is 1.45 bits per heavy atom. The predicted octanol–water partition coefficient (Wildman–Crippen LogP) is 6.61. The highest BCUT2D eigenvalue weighted by atomic mass is 79.9. The maximum Gasteiger partial charge on any atom is 0.343 e. The van der Waals surface area contributed by atoms with Crippen LogP contribution in [0.3, 0.4) is 0 Å². The van der Waals surface area contributed by atoms with E-state index in [-0.39, 0.29) is 11.3 Å². The summed E-state index contributed by atoms with van der Waals surface area (Å²) in [6.45, 7) is 0. The molecule has 224 valence electrons. The third kappa shape index (κ3) is 5.95. The van der Waals surface area contributed by atoms with Crippen LogP contribution in [0.15, 0.2) is 88.4 Å². The molecule has 5 rings (SSSR count). The van der Waals surface area contributed by atoms with Gasteiger partial charge in [0.15, 0.2) is 11.5 Å². The van der Waals surface area contributed by atoms with E-state index in [0.717, 1.165) is 15.4 Å². The minimum absolute atomic E-state index is 0.188. The molecular formula is C33H28BrN3O7. The Morgan fingerprint density at radius 3 is 2.11 bits per heavy atom. The number of hydrogen-bond donors (Lipinski definition) is 2. The van der Waals surface area contributed by atoms with Gasteiger partial charge >= 0.3 is 5.97 Å². The number of aromatic nitrogens is 1. The molecule has 0 spiro atoms. The Kier molecular flexibility index (Phi) is 9.15. The molecule has 10 nitrogen and oxygen atoms in total. The number of amides is 1. The number of carbonyl (C=O) groups is 2. The fraction of sp³-hybridized carbons (Fsp3) is 0.121. The van der Waals surface area contributed by atoms with Crippen LogP contribution in [0.25, 0.3) is 22.0 Å². The second-order valence-corrected chi connectivity index (χ2v) is 10.1. The summed E-state index contributed by atoms with van der Waals surface area (Å²) in [6.07, 6.45) is 1.40. The zero-order valence-electron chi connectivity index (χ0n) is 24.3. The molecule has 1 heterocycles. The summed E-state index contributed by atoms with van der Waals surface area (Å²) in [5.74, 6) is 0.669. The van der Waals surface area contributed by atoms with Crippen LogP contribution in [0.5, 0.6) is 28.7 Å². The second-order valence-electron chi connectivity index (χ2n) is 9.28. The first-order valence-corrected chi connectivity index (χ1v) is 14.1. The molecule has 4 aromatic carbocycles. The van der Waals surface area contributed by atoms with E-state index in [1.807, 2.05) is 42.5 Å². The number of nitrogens with one attached hydrogen (secondary N) is 2. The van der Waals surface area contributed by atoms with Crippen molar-refractivity contribution in [3.8, 4) is 39.9 Å². The van der Waals surface area contributed by atoms with Gasteiger partial charge in [-0.2, -0.15) is 5.10 Å². The number of methoxy groups -OCH3 is 4. The largest absolute Gasteiger partial charge is 0.495 e. The average molecular weight is 659 g/mol. The van der Waals surface area contributed by atoms with Crippen molar-refractivity contribution in [2.45, 2.75) is 0 Å². The lowest BCUT2D eigenvalue weighted by Gasteiger charge is -2.14. The van der Waals surface area contributed by atoms with Crippen LogP contribution >= 0.6 is 15.9 Å². The van der Waals surface area contributed by atoms with Crippen LogP contribution in [0.4, 0.5) is 0 Å². The molecule has 1 aromatic heterocycles. The molecule has 0 fully saturated rings. The van der Waals surface area contributed by atoms with E-state index in [4.69, 9.17) is 23.7 Å². The predicted molar refractivity (Wildman–Crippen MR) is 171 cm³/mol. The van der Waals surface area contributed by atoms with Crippen LogP contribution in [0.1, 0.15) is 26.4 Å². The van der Waals surface area contributed by atoms with Crippen molar-refractivity contribution in [2.24, 2.45) is 5.10 Å². The molecule has 0 radical (unpaired) electrons. The molecule has 0 aliphatic carbocycles. The van der Waals surface area contributed by atoms with Gasteiger partial charge < -0.3 is 28.7 Å². The quantitative estimate of drug-likeness (QED) is 0.0750. The Bertz CT molecular complexity index is 1840. The second kappa shape index (κ2) is 13.3. The van der Waals surface area contributed by atoms with Gasteiger partial charge in [-0.25, -0.2) is 10.2 Å². The van der Waals surface area contributed by atoms with Gasteiger partial charge in [0.1, 0.15) is 17.2 Å². The van der Waals surface area contributed by atoms with E-state index in [2.05, 4.69) is 31.4 Å². The molecule has 0 bridgehead atoms. The summed E-state index contributed by atoms with van der Waals surface area (Å²) >= 11 is 3.62. The van der Waals surface area contributed by atoms with Gasteiger partial charge in [0, 0.05) is 21.0 Å². The molecule has 1 amide bonds. The van der Waals surface area contributed by atoms with Crippen LogP contribution in [-0.4, -0.2) is 51.5 Å². The van der Waals surface area contributed by atoms with Crippen molar-refractivity contribution in [2.75, 3.05) is 28.4 Å². The van der Waals surface area contributed by atoms with E-state index < -0.39 is 11.9 Å². The normalized spacial score (nSPS) is 10.9. The number of nitrogens with zero attached hydrogens (tertiary/aromatic N) is 1. The molecule has 0 saturated heterocycles. The number of fused-ring (bicyclic) bond motifs is 1. The lowest BCUT2D eigenvalue weighted by Crippen LogP contribution is -2.19. The number of H-pyrrole nitrogens is 1. The minimum atomic E-state index is -0.653. The molecule has 0 aliphatic rings. The van der Waals surface area contributed by atoms with E-state index in [1.165, 1.54) is 39.7 Å².